The molecule has 2 aromatic rings. The highest BCUT2D eigenvalue weighted by Gasteiger charge is 2.09. The minimum Gasteiger partial charge on any atom is -0.316 e. The Labute approximate surface area is 150 Å². The molecule has 0 aromatic heterocycles. The molecule has 1 aliphatic heterocycles. The number of rotatable bonds is 5. The minimum atomic E-state index is -0.201. The molecule has 132 valence electrons. The Morgan fingerprint density at radius 2 is 1.64 bits per heavy atom. The van der Waals surface area contributed by atoms with E-state index in [1.165, 1.54) is 29.5 Å². The lowest BCUT2D eigenvalue weighted by Crippen LogP contribution is -2.19. The maximum Gasteiger partial charge on any atom is 0.323 e. The van der Waals surface area contributed by atoms with Crippen molar-refractivity contribution in [3.05, 3.63) is 59.2 Å². The monoisotopic (exact) mass is 337 g/mol. The fourth-order valence-electron chi connectivity index (χ4n) is 3.18. The highest BCUT2D eigenvalue weighted by atomic mass is 16.2. The molecule has 0 spiro atoms. The molecule has 2 aromatic carbocycles. The molecule has 3 rings (SSSR count). The first-order valence-electron chi connectivity index (χ1n) is 9.24. The first-order chi connectivity index (χ1) is 12.2. The van der Waals surface area contributed by atoms with Gasteiger partial charge >= 0.3 is 6.03 Å². The van der Waals surface area contributed by atoms with Crippen LogP contribution >= 0.6 is 0 Å². The number of anilines is 2. The predicted molar refractivity (Wildman–Crippen MR) is 104 cm³/mol. The van der Waals surface area contributed by atoms with Crippen LogP contribution in [-0.4, -0.2) is 19.1 Å². The second-order valence-electron chi connectivity index (χ2n) is 6.61. The van der Waals surface area contributed by atoms with Crippen molar-refractivity contribution in [1.82, 2.24) is 5.32 Å². The number of unbranched alkanes of at least 4 members (excludes halogenated alkanes) is 1. The Hall–Kier alpha value is -2.33. The van der Waals surface area contributed by atoms with Crippen LogP contribution in [0.2, 0.25) is 0 Å². The van der Waals surface area contributed by atoms with E-state index in [1.807, 2.05) is 18.2 Å². The van der Waals surface area contributed by atoms with E-state index in [9.17, 15) is 4.79 Å². The van der Waals surface area contributed by atoms with Gasteiger partial charge in [-0.3, -0.25) is 0 Å². The molecule has 0 unspecified atom stereocenters. The molecule has 3 N–H and O–H groups in total. The van der Waals surface area contributed by atoms with E-state index in [1.54, 1.807) is 0 Å². The lowest BCUT2D eigenvalue weighted by atomic mass is 10.0. The zero-order valence-corrected chi connectivity index (χ0v) is 14.9. The average Bonchev–Trinajstić information content (AvgIpc) is 2.86. The third kappa shape index (κ3) is 5.07. The second kappa shape index (κ2) is 8.67. The smallest absolute Gasteiger partial charge is 0.316 e. The third-order valence-corrected chi connectivity index (χ3v) is 4.64. The molecule has 4 heteroatoms. The van der Waals surface area contributed by atoms with Crippen LogP contribution in [-0.2, 0) is 19.3 Å². The van der Waals surface area contributed by atoms with E-state index in [0.717, 1.165) is 43.7 Å². The Balaban J connectivity index is 1.58. The van der Waals surface area contributed by atoms with E-state index in [-0.39, 0.29) is 6.03 Å². The SMILES string of the molecule is CCCCc1ccc(NC(=O)Nc2ccc3c(c2)CCNCC3)cc1. The summed E-state index contributed by atoms with van der Waals surface area (Å²) in [5.41, 5.74) is 5.67. The number of carbonyl (C=O) groups is 1. The van der Waals surface area contributed by atoms with Gasteiger partial charge in [0, 0.05) is 11.4 Å². The molecule has 25 heavy (non-hydrogen) atoms. The lowest BCUT2D eigenvalue weighted by molar-refractivity contribution is 0.262. The van der Waals surface area contributed by atoms with Gasteiger partial charge in [-0.1, -0.05) is 31.5 Å². The van der Waals surface area contributed by atoms with E-state index in [2.05, 4.69) is 47.1 Å². The highest BCUT2D eigenvalue weighted by molar-refractivity contribution is 5.99. The maximum absolute atomic E-state index is 12.2. The Morgan fingerprint density at radius 3 is 2.40 bits per heavy atom. The summed E-state index contributed by atoms with van der Waals surface area (Å²) < 4.78 is 0. The number of benzene rings is 2. The van der Waals surface area contributed by atoms with Crippen LogP contribution in [0.3, 0.4) is 0 Å². The molecule has 1 aliphatic rings. The van der Waals surface area contributed by atoms with E-state index in [0.29, 0.717) is 0 Å². The zero-order chi connectivity index (χ0) is 17.5. The standard InChI is InChI=1S/C21H27N3O/c1-2-3-4-16-5-8-19(9-6-16)23-21(25)24-20-10-7-17-11-13-22-14-12-18(17)15-20/h5-10,15,22H,2-4,11-14H2,1H3,(H2,23,24,25). The van der Waals surface area contributed by atoms with Gasteiger partial charge in [-0.25, -0.2) is 4.79 Å². The minimum absolute atomic E-state index is 0.201. The predicted octanol–water partition coefficient (Wildman–Crippen LogP) is 4.36. The van der Waals surface area contributed by atoms with Gasteiger partial charge in [0.25, 0.3) is 0 Å². The molecule has 0 saturated heterocycles. The Kier molecular flexibility index (Phi) is 6.07. The summed E-state index contributed by atoms with van der Waals surface area (Å²) in [7, 11) is 0. The number of hydrogen-bond acceptors (Lipinski definition) is 2. The van der Waals surface area contributed by atoms with Gasteiger partial charge in [-0.15, -0.1) is 0 Å². The Bertz CT molecular complexity index is 710. The second-order valence-corrected chi connectivity index (χ2v) is 6.61. The molecular weight excluding hydrogens is 310 g/mol. The summed E-state index contributed by atoms with van der Waals surface area (Å²) in [4.78, 5) is 12.2. The van der Waals surface area contributed by atoms with Crippen LogP contribution in [0.5, 0.6) is 0 Å². The van der Waals surface area contributed by atoms with Crippen molar-refractivity contribution in [3.8, 4) is 0 Å². The maximum atomic E-state index is 12.2. The van der Waals surface area contributed by atoms with Crippen LogP contribution in [0.15, 0.2) is 42.5 Å². The molecule has 0 aliphatic carbocycles. The van der Waals surface area contributed by atoms with Crippen LogP contribution in [0, 0.1) is 0 Å². The molecule has 4 nitrogen and oxygen atoms in total. The van der Waals surface area contributed by atoms with Crippen molar-refractivity contribution >= 4 is 17.4 Å². The number of urea groups is 1. The number of fused-ring (bicyclic) bond motifs is 1. The van der Waals surface area contributed by atoms with Gasteiger partial charge < -0.3 is 16.0 Å². The van der Waals surface area contributed by atoms with Gasteiger partial charge in [-0.2, -0.15) is 0 Å². The third-order valence-electron chi connectivity index (χ3n) is 4.64. The van der Waals surface area contributed by atoms with Crippen molar-refractivity contribution in [3.63, 3.8) is 0 Å². The van der Waals surface area contributed by atoms with Gasteiger partial charge in [-0.05, 0) is 79.7 Å². The van der Waals surface area contributed by atoms with E-state index < -0.39 is 0 Å². The number of amides is 2. The largest absolute Gasteiger partial charge is 0.323 e. The van der Waals surface area contributed by atoms with Crippen LogP contribution in [0.25, 0.3) is 0 Å². The molecule has 1 heterocycles. The molecule has 0 atom stereocenters. The fraction of sp³-hybridized carbons (Fsp3) is 0.381. The van der Waals surface area contributed by atoms with Gasteiger partial charge in [0.2, 0.25) is 0 Å². The van der Waals surface area contributed by atoms with Gasteiger partial charge in [0.05, 0.1) is 0 Å². The number of aryl methyl sites for hydroxylation is 1. The van der Waals surface area contributed by atoms with Crippen LogP contribution in [0.1, 0.15) is 36.5 Å². The van der Waals surface area contributed by atoms with Gasteiger partial charge in [0.1, 0.15) is 0 Å². The van der Waals surface area contributed by atoms with Gasteiger partial charge in [0.15, 0.2) is 0 Å². The zero-order valence-electron chi connectivity index (χ0n) is 14.9. The quantitative estimate of drug-likeness (QED) is 0.759. The topological polar surface area (TPSA) is 53.2 Å². The van der Waals surface area contributed by atoms with Crippen molar-refractivity contribution in [2.24, 2.45) is 0 Å². The summed E-state index contributed by atoms with van der Waals surface area (Å²) in [5.74, 6) is 0. The first-order valence-corrected chi connectivity index (χ1v) is 9.24. The molecule has 2 amide bonds. The highest BCUT2D eigenvalue weighted by Crippen LogP contribution is 2.19. The summed E-state index contributed by atoms with van der Waals surface area (Å²) in [6.45, 7) is 4.21. The number of nitrogens with one attached hydrogen (secondary N) is 3. The number of hydrogen-bond donors (Lipinski definition) is 3. The molecular formula is C21H27N3O. The molecule has 0 radical (unpaired) electrons. The fourth-order valence-corrected chi connectivity index (χ4v) is 3.18. The molecule has 0 bridgehead atoms. The molecule has 0 saturated carbocycles. The summed E-state index contributed by atoms with van der Waals surface area (Å²) in [5, 5.41) is 9.25. The number of carbonyl (C=O) groups excluding carboxylic acids is 1. The van der Waals surface area contributed by atoms with E-state index in [4.69, 9.17) is 0 Å². The summed E-state index contributed by atoms with van der Waals surface area (Å²) in [6.07, 6.45) is 5.53. The lowest BCUT2D eigenvalue weighted by Gasteiger charge is -2.11. The Morgan fingerprint density at radius 1 is 0.960 bits per heavy atom. The normalized spacial score (nSPS) is 13.6. The van der Waals surface area contributed by atoms with Crippen molar-refractivity contribution in [2.75, 3.05) is 23.7 Å². The van der Waals surface area contributed by atoms with Crippen molar-refractivity contribution in [1.29, 1.82) is 0 Å². The van der Waals surface area contributed by atoms with Crippen molar-refractivity contribution < 1.29 is 4.79 Å². The van der Waals surface area contributed by atoms with Crippen LogP contribution < -0.4 is 16.0 Å². The van der Waals surface area contributed by atoms with Crippen LogP contribution in [0.4, 0.5) is 16.2 Å². The molecule has 0 fully saturated rings. The van der Waals surface area contributed by atoms with Crippen molar-refractivity contribution in [2.45, 2.75) is 39.0 Å². The summed E-state index contributed by atoms with van der Waals surface area (Å²) in [6, 6.07) is 14.1. The summed E-state index contributed by atoms with van der Waals surface area (Å²) >= 11 is 0. The average molecular weight is 337 g/mol. The first kappa shape index (κ1) is 17.5. The van der Waals surface area contributed by atoms with E-state index >= 15 is 0 Å².